The monoisotopic (exact) mass is 331 g/mol. The van der Waals surface area contributed by atoms with Gasteiger partial charge in [-0.2, -0.15) is 13.2 Å². The van der Waals surface area contributed by atoms with Crippen molar-refractivity contribution in [2.75, 3.05) is 6.54 Å². The van der Waals surface area contributed by atoms with E-state index < -0.39 is 17.4 Å². The maximum Gasteiger partial charge on any atom is 0.433 e. The molecule has 0 aliphatic rings. The summed E-state index contributed by atoms with van der Waals surface area (Å²) in [5.74, 6) is -0.354. The molecular weight excluding hydrogens is 315 g/mol. The van der Waals surface area contributed by atoms with Crippen LogP contribution in [0.1, 0.15) is 34.8 Å². The van der Waals surface area contributed by atoms with Crippen molar-refractivity contribution in [2.45, 2.75) is 32.5 Å². The van der Waals surface area contributed by atoms with Gasteiger partial charge < -0.3 is 11.1 Å². The Balaban J connectivity index is 2.36. The number of thiophene rings is 1. The lowest BCUT2D eigenvalue weighted by molar-refractivity contribution is -0.140. The molecule has 0 radical (unpaired) electrons. The van der Waals surface area contributed by atoms with E-state index in [0.717, 1.165) is 17.4 Å². The molecule has 0 atom stereocenters. The van der Waals surface area contributed by atoms with E-state index in [2.05, 4.69) is 10.3 Å². The second-order valence-corrected chi connectivity index (χ2v) is 6.77. The van der Waals surface area contributed by atoms with Crippen LogP contribution in [-0.4, -0.2) is 23.0 Å². The number of carbonyl (C=O) groups is 1. The average molecular weight is 331 g/mol. The number of alkyl halides is 3. The maximum absolute atomic E-state index is 12.7. The normalized spacial score (nSPS) is 12.7. The number of nitrogens with one attached hydrogen (secondary N) is 1. The first-order valence-corrected chi connectivity index (χ1v) is 7.35. The number of hydrogen-bond donors (Lipinski definition) is 2. The Morgan fingerprint density at radius 3 is 2.55 bits per heavy atom. The fourth-order valence-corrected chi connectivity index (χ4v) is 2.96. The molecule has 8 heteroatoms. The summed E-state index contributed by atoms with van der Waals surface area (Å²) < 4.78 is 38.0. The molecule has 22 heavy (non-hydrogen) atoms. The van der Waals surface area contributed by atoms with Gasteiger partial charge in [0.15, 0.2) is 0 Å². The number of amides is 1. The molecule has 1 amide bonds. The Bertz CT molecular complexity index is 716. The van der Waals surface area contributed by atoms with Crippen LogP contribution in [0.25, 0.3) is 10.2 Å². The summed E-state index contributed by atoms with van der Waals surface area (Å²) >= 11 is 0.949. The van der Waals surface area contributed by atoms with Crippen LogP contribution in [0, 0.1) is 6.92 Å². The predicted molar refractivity (Wildman–Crippen MR) is 80.0 cm³/mol. The van der Waals surface area contributed by atoms with Gasteiger partial charge in [-0.25, -0.2) is 4.98 Å². The highest BCUT2D eigenvalue weighted by atomic mass is 32.1. The first kappa shape index (κ1) is 16.7. The molecule has 0 aliphatic carbocycles. The molecule has 0 unspecified atom stereocenters. The number of fused-ring (bicyclic) bond motifs is 1. The highest BCUT2D eigenvalue weighted by Gasteiger charge is 2.33. The lowest BCUT2D eigenvalue weighted by Gasteiger charge is -2.18. The first-order valence-electron chi connectivity index (χ1n) is 6.53. The average Bonchev–Trinajstić information content (AvgIpc) is 2.71. The number of halogens is 3. The number of carbonyl (C=O) groups excluding carboxylic acids is 1. The van der Waals surface area contributed by atoms with Crippen molar-refractivity contribution in [3.8, 4) is 0 Å². The summed E-state index contributed by atoms with van der Waals surface area (Å²) in [7, 11) is 0. The Morgan fingerprint density at radius 2 is 2.00 bits per heavy atom. The van der Waals surface area contributed by atoms with Crippen LogP contribution in [0.5, 0.6) is 0 Å². The van der Waals surface area contributed by atoms with Crippen molar-refractivity contribution < 1.29 is 18.0 Å². The third-order valence-corrected chi connectivity index (χ3v) is 4.21. The van der Waals surface area contributed by atoms with Gasteiger partial charge >= 0.3 is 6.18 Å². The van der Waals surface area contributed by atoms with E-state index in [4.69, 9.17) is 5.73 Å². The highest BCUT2D eigenvalue weighted by molar-refractivity contribution is 7.20. The standard InChI is InChI=1S/C14H16F3N3OS/c1-7-8-4-5-9(14(15,16)17)20-12(8)22-10(7)11(21)19-6-13(2,3)18/h4-5H,6,18H2,1-3H3,(H,19,21). The van der Waals surface area contributed by atoms with Crippen LogP contribution in [0.3, 0.4) is 0 Å². The highest BCUT2D eigenvalue weighted by Crippen LogP contribution is 2.34. The second-order valence-electron chi connectivity index (χ2n) is 5.77. The van der Waals surface area contributed by atoms with Crippen LogP contribution >= 0.6 is 11.3 Å². The van der Waals surface area contributed by atoms with Gasteiger partial charge in [0, 0.05) is 17.5 Å². The number of pyridine rings is 1. The molecule has 0 saturated carbocycles. The van der Waals surface area contributed by atoms with Gasteiger partial charge in [0.1, 0.15) is 10.5 Å². The number of hydrogen-bond acceptors (Lipinski definition) is 4. The Morgan fingerprint density at radius 1 is 1.36 bits per heavy atom. The summed E-state index contributed by atoms with van der Waals surface area (Å²) in [5.41, 5.74) is 4.88. The molecule has 0 fully saturated rings. The van der Waals surface area contributed by atoms with Crippen molar-refractivity contribution >= 4 is 27.5 Å². The van der Waals surface area contributed by atoms with E-state index in [-0.39, 0.29) is 17.3 Å². The molecule has 2 heterocycles. The zero-order chi connectivity index (χ0) is 16.7. The Hall–Kier alpha value is -1.67. The number of aryl methyl sites for hydroxylation is 1. The second kappa shape index (κ2) is 5.51. The Kier molecular flexibility index (Phi) is 4.18. The molecule has 0 bridgehead atoms. The third kappa shape index (κ3) is 3.56. The minimum absolute atomic E-state index is 0.199. The fourth-order valence-electron chi connectivity index (χ4n) is 1.86. The minimum atomic E-state index is -4.50. The van der Waals surface area contributed by atoms with E-state index in [9.17, 15) is 18.0 Å². The van der Waals surface area contributed by atoms with E-state index >= 15 is 0 Å². The molecular formula is C14H16F3N3OS. The molecule has 2 rings (SSSR count). The van der Waals surface area contributed by atoms with Gasteiger partial charge in [0.2, 0.25) is 0 Å². The van der Waals surface area contributed by atoms with Crippen LogP contribution < -0.4 is 11.1 Å². The van der Waals surface area contributed by atoms with Crippen LogP contribution in [0.15, 0.2) is 12.1 Å². The van der Waals surface area contributed by atoms with Gasteiger partial charge in [-0.05, 0) is 38.5 Å². The van der Waals surface area contributed by atoms with Crippen molar-refractivity contribution in [3.05, 3.63) is 28.3 Å². The Labute approximate surface area is 129 Å². The van der Waals surface area contributed by atoms with Gasteiger partial charge in [-0.15, -0.1) is 11.3 Å². The van der Waals surface area contributed by atoms with E-state index in [1.54, 1.807) is 20.8 Å². The summed E-state index contributed by atoms with van der Waals surface area (Å²) in [6, 6.07) is 2.27. The molecule has 3 N–H and O–H groups in total. The summed E-state index contributed by atoms with van der Waals surface area (Å²) in [6.45, 7) is 5.49. The van der Waals surface area contributed by atoms with Crippen molar-refractivity contribution in [1.29, 1.82) is 0 Å². The zero-order valence-corrected chi connectivity index (χ0v) is 13.2. The molecule has 0 aromatic carbocycles. The smallest absolute Gasteiger partial charge is 0.350 e. The molecule has 2 aromatic heterocycles. The molecule has 2 aromatic rings. The number of rotatable bonds is 3. The van der Waals surface area contributed by atoms with Crippen molar-refractivity contribution in [2.24, 2.45) is 5.73 Å². The zero-order valence-electron chi connectivity index (χ0n) is 12.3. The van der Waals surface area contributed by atoms with Crippen LogP contribution in [-0.2, 0) is 6.18 Å². The lowest BCUT2D eigenvalue weighted by atomic mass is 10.1. The summed E-state index contributed by atoms with van der Waals surface area (Å²) in [5, 5.41) is 3.23. The molecule has 0 aliphatic heterocycles. The SMILES string of the molecule is Cc1c(C(=O)NCC(C)(C)N)sc2nc(C(F)(F)F)ccc12. The molecule has 4 nitrogen and oxygen atoms in total. The number of nitrogens with two attached hydrogens (primary N) is 1. The van der Waals surface area contributed by atoms with Crippen LogP contribution in [0.4, 0.5) is 13.2 Å². The number of nitrogens with zero attached hydrogens (tertiary/aromatic N) is 1. The molecule has 0 saturated heterocycles. The minimum Gasteiger partial charge on any atom is -0.350 e. The van der Waals surface area contributed by atoms with Crippen molar-refractivity contribution in [1.82, 2.24) is 10.3 Å². The molecule has 120 valence electrons. The van der Waals surface area contributed by atoms with Gasteiger partial charge in [-0.1, -0.05) is 0 Å². The van der Waals surface area contributed by atoms with E-state index in [1.807, 2.05) is 0 Å². The van der Waals surface area contributed by atoms with Gasteiger partial charge in [-0.3, -0.25) is 4.79 Å². The largest absolute Gasteiger partial charge is 0.433 e. The van der Waals surface area contributed by atoms with Crippen LogP contribution in [0.2, 0.25) is 0 Å². The predicted octanol–water partition coefficient (Wildman–Crippen LogP) is 3.09. The summed E-state index contributed by atoms with van der Waals surface area (Å²) in [4.78, 5) is 16.3. The summed E-state index contributed by atoms with van der Waals surface area (Å²) in [6.07, 6.45) is -4.50. The fraction of sp³-hybridized carbons (Fsp3) is 0.429. The van der Waals surface area contributed by atoms with Gasteiger partial charge in [0.05, 0.1) is 4.88 Å². The molecule has 0 spiro atoms. The topological polar surface area (TPSA) is 68.0 Å². The van der Waals surface area contributed by atoms with Gasteiger partial charge in [0.25, 0.3) is 5.91 Å². The van der Waals surface area contributed by atoms with E-state index in [0.29, 0.717) is 15.8 Å². The maximum atomic E-state index is 12.7. The lowest BCUT2D eigenvalue weighted by Crippen LogP contribution is -2.45. The third-order valence-electron chi connectivity index (χ3n) is 3.00. The van der Waals surface area contributed by atoms with E-state index in [1.165, 1.54) is 6.07 Å². The van der Waals surface area contributed by atoms with Crippen molar-refractivity contribution in [3.63, 3.8) is 0 Å². The number of aromatic nitrogens is 1. The first-order chi connectivity index (χ1) is 9.99. The quantitative estimate of drug-likeness (QED) is 0.908.